The van der Waals surface area contributed by atoms with Gasteiger partial charge in [-0.3, -0.25) is 14.4 Å². The van der Waals surface area contributed by atoms with Gasteiger partial charge in [-0.15, -0.1) is 0 Å². The summed E-state index contributed by atoms with van der Waals surface area (Å²) in [5.74, 6) is -2.63. The summed E-state index contributed by atoms with van der Waals surface area (Å²) in [6.07, 6.45) is 3.07. The smallest absolute Gasteiger partial charge is 0.320 e. The molecule has 1 amide bonds. The zero-order valence-corrected chi connectivity index (χ0v) is 11.5. The van der Waals surface area contributed by atoms with Crippen molar-refractivity contribution in [3.63, 3.8) is 0 Å². The Bertz CT molecular complexity index is 698. The number of amides is 1. The molecule has 2 fully saturated rings. The summed E-state index contributed by atoms with van der Waals surface area (Å²) in [6, 6.07) is 8.77. The number of ether oxygens (including phenoxy) is 2. The van der Waals surface area contributed by atoms with Gasteiger partial charge in [0.1, 0.15) is 17.4 Å². The Morgan fingerprint density at radius 2 is 1.95 bits per heavy atom. The predicted octanol–water partition coefficient (Wildman–Crippen LogP) is 0.440. The van der Waals surface area contributed by atoms with E-state index < -0.39 is 35.5 Å². The third-order valence-electron chi connectivity index (χ3n) is 4.45. The molecule has 0 unspecified atom stereocenters. The first-order chi connectivity index (χ1) is 10.6. The lowest BCUT2D eigenvalue weighted by molar-refractivity contribution is -0.158. The highest BCUT2D eigenvalue weighted by Crippen LogP contribution is 2.50. The molecule has 4 rings (SSSR count). The van der Waals surface area contributed by atoms with E-state index in [0.29, 0.717) is 5.56 Å². The van der Waals surface area contributed by atoms with Crippen molar-refractivity contribution in [1.82, 2.24) is 5.32 Å². The third kappa shape index (κ3) is 1.74. The Morgan fingerprint density at radius 3 is 2.73 bits per heavy atom. The molecule has 1 aromatic carbocycles. The van der Waals surface area contributed by atoms with Crippen LogP contribution in [-0.4, -0.2) is 36.1 Å². The number of esters is 2. The van der Waals surface area contributed by atoms with E-state index in [4.69, 9.17) is 9.47 Å². The van der Waals surface area contributed by atoms with Crippen molar-refractivity contribution < 1.29 is 23.9 Å². The molecule has 3 aliphatic rings. The zero-order valence-electron chi connectivity index (χ0n) is 11.5. The number of cyclic esters (lactones) is 2. The van der Waals surface area contributed by atoms with Gasteiger partial charge in [-0.05, 0) is 12.1 Å². The van der Waals surface area contributed by atoms with Gasteiger partial charge < -0.3 is 14.8 Å². The molecule has 0 aromatic heterocycles. The minimum absolute atomic E-state index is 0.122. The van der Waals surface area contributed by atoms with Crippen molar-refractivity contribution in [2.75, 3.05) is 6.54 Å². The summed E-state index contributed by atoms with van der Waals surface area (Å²) in [7, 11) is 0. The molecule has 112 valence electrons. The molecular weight excluding hydrogens is 286 g/mol. The minimum atomic E-state index is -0.983. The van der Waals surface area contributed by atoms with Gasteiger partial charge >= 0.3 is 11.9 Å². The van der Waals surface area contributed by atoms with E-state index in [-0.39, 0.29) is 12.5 Å². The summed E-state index contributed by atoms with van der Waals surface area (Å²) >= 11 is 0. The van der Waals surface area contributed by atoms with Gasteiger partial charge in [-0.2, -0.15) is 0 Å². The second kappa shape index (κ2) is 4.51. The Hall–Kier alpha value is -2.47. The minimum Gasteiger partial charge on any atom is -0.393 e. The maximum absolute atomic E-state index is 12.1. The highest BCUT2D eigenvalue weighted by atomic mass is 16.6. The van der Waals surface area contributed by atoms with Crippen LogP contribution in [0.4, 0.5) is 0 Å². The van der Waals surface area contributed by atoms with Crippen molar-refractivity contribution in [3.8, 4) is 0 Å². The van der Waals surface area contributed by atoms with Crippen LogP contribution >= 0.6 is 0 Å². The topological polar surface area (TPSA) is 81.7 Å². The lowest BCUT2D eigenvalue weighted by Gasteiger charge is -2.27. The maximum Gasteiger partial charge on any atom is 0.320 e. The third-order valence-corrected chi connectivity index (χ3v) is 4.45. The van der Waals surface area contributed by atoms with Crippen LogP contribution in [0, 0.1) is 11.8 Å². The number of hydrogen-bond acceptors (Lipinski definition) is 5. The van der Waals surface area contributed by atoms with Crippen molar-refractivity contribution in [3.05, 3.63) is 48.0 Å². The molecule has 0 spiro atoms. The second-order valence-electron chi connectivity index (χ2n) is 5.69. The molecule has 0 saturated carbocycles. The average molecular weight is 299 g/mol. The van der Waals surface area contributed by atoms with Gasteiger partial charge in [0.2, 0.25) is 0 Å². The summed E-state index contributed by atoms with van der Waals surface area (Å²) in [6.45, 7) is 0.122. The molecule has 2 saturated heterocycles. The van der Waals surface area contributed by atoms with Crippen LogP contribution in [0.1, 0.15) is 10.4 Å². The van der Waals surface area contributed by atoms with Gasteiger partial charge in [-0.1, -0.05) is 30.4 Å². The Kier molecular flexibility index (Phi) is 2.71. The van der Waals surface area contributed by atoms with E-state index in [1.165, 1.54) is 0 Å². The van der Waals surface area contributed by atoms with Crippen molar-refractivity contribution in [1.29, 1.82) is 0 Å². The Balaban J connectivity index is 1.53. The van der Waals surface area contributed by atoms with Crippen LogP contribution in [0.25, 0.3) is 0 Å². The van der Waals surface area contributed by atoms with Gasteiger partial charge in [0.05, 0.1) is 12.6 Å². The molecule has 6 nitrogen and oxygen atoms in total. The number of benzene rings is 1. The Morgan fingerprint density at radius 1 is 1.18 bits per heavy atom. The van der Waals surface area contributed by atoms with E-state index in [2.05, 4.69) is 5.32 Å². The molecule has 2 bridgehead atoms. The predicted molar refractivity (Wildman–Crippen MR) is 73.6 cm³/mol. The molecule has 4 atom stereocenters. The van der Waals surface area contributed by atoms with E-state index in [1.807, 2.05) is 6.07 Å². The fraction of sp³-hybridized carbons (Fsp3) is 0.312. The fourth-order valence-electron chi connectivity index (χ4n) is 3.42. The average Bonchev–Trinajstić information content (AvgIpc) is 3.18. The quantitative estimate of drug-likeness (QED) is 0.497. The largest absolute Gasteiger partial charge is 0.393 e. The van der Waals surface area contributed by atoms with Crippen molar-refractivity contribution in [2.45, 2.75) is 11.7 Å². The standard InChI is InChI=1S/C16H13NO5/c18-13(9-4-2-1-3-5-9)17-8-16-7-6-10(22-16)11-12(16)15(20)21-14(11)19/h1-7,10-12H,8H2,(H,17,18)/t10-,11+,12+,16-/m0/s1. The summed E-state index contributed by atoms with van der Waals surface area (Å²) in [4.78, 5) is 35.8. The van der Waals surface area contributed by atoms with E-state index in [9.17, 15) is 14.4 Å². The first-order valence-electron chi connectivity index (χ1n) is 7.07. The first-order valence-corrected chi connectivity index (χ1v) is 7.07. The van der Waals surface area contributed by atoms with Crippen LogP contribution in [0.2, 0.25) is 0 Å². The zero-order chi connectivity index (χ0) is 15.3. The van der Waals surface area contributed by atoms with Gasteiger partial charge in [0, 0.05) is 5.56 Å². The summed E-state index contributed by atoms with van der Waals surface area (Å²) in [5.41, 5.74) is -0.458. The van der Waals surface area contributed by atoms with Gasteiger partial charge in [0.25, 0.3) is 5.91 Å². The molecule has 1 aromatic rings. The fourth-order valence-corrected chi connectivity index (χ4v) is 3.42. The van der Waals surface area contributed by atoms with Gasteiger partial charge in [0.15, 0.2) is 0 Å². The molecule has 6 heteroatoms. The number of hydrogen-bond donors (Lipinski definition) is 1. The van der Waals surface area contributed by atoms with Crippen LogP contribution in [0.15, 0.2) is 42.5 Å². The number of fused-ring (bicyclic) bond motifs is 5. The SMILES string of the molecule is O=C(NC[C@]12C=C[C@H](O1)[C@H]1C(=O)OC(=O)[C@@H]12)c1ccccc1. The molecule has 22 heavy (non-hydrogen) atoms. The van der Waals surface area contributed by atoms with Gasteiger partial charge in [-0.25, -0.2) is 0 Å². The van der Waals surface area contributed by atoms with Crippen LogP contribution in [0.3, 0.4) is 0 Å². The monoisotopic (exact) mass is 299 g/mol. The van der Waals surface area contributed by atoms with Crippen molar-refractivity contribution >= 4 is 17.8 Å². The van der Waals surface area contributed by atoms with Crippen LogP contribution < -0.4 is 5.32 Å². The highest BCUT2D eigenvalue weighted by molar-refractivity contribution is 5.99. The molecule has 1 N–H and O–H groups in total. The number of nitrogens with one attached hydrogen (secondary N) is 1. The molecular formula is C16H13NO5. The van der Waals surface area contributed by atoms with E-state index >= 15 is 0 Å². The molecule has 3 aliphatic heterocycles. The first kappa shape index (κ1) is 13.2. The summed E-state index contributed by atoms with van der Waals surface area (Å²) < 4.78 is 10.5. The number of rotatable bonds is 3. The van der Waals surface area contributed by atoms with Crippen LogP contribution in [0.5, 0.6) is 0 Å². The van der Waals surface area contributed by atoms with E-state index in [1.54, 1.807) is 36.4 Å². The normalized spacial score (nSPS) is 34.6. The van der Waals surface area contributed by atoms with Crippen LogP contribution in [-0.2, 0) is 19.1 Å². The summed E-state index contributed by atoms with van der Waals surface area (Å²) in [5, 5.41) is 2.77. The molecule has 0 aliphatic carbocycles. The molecule has 0 radical (unpaired) electrons. The number of carbonyl (C=O) groups is 3. The van der Waals surface area contributed by atoms with Crippen molar-refractivity contribution in [2.24, 2.45) is 11.8 Å². The highest BCUT2D eigenvalue weighted by Gasteiger charge is 2.66. The maximum atomic E-state index is 12.1. The Labute approximate surface area is 126 Å². The second-order valence-corrected chi connectivity index (χ2v) is 5.69. The molecule has 3 heterocycles. The lowest BCUT2D eigenvalue weighted by Crippen LogP contribution is -2.47. The van der Waals surface area contributed by atoms with E-state index in [0.717, 1.165) is 0 Å². The lowest BCUT2D eigenvalue weighted by atomic mass is 9.77. The number of carbonyl (C=O) groups excluding carboxylic acids is 3.